The normalized spacial score (nSPS) is 11.9. The van der Waals surface area contributed by atoms with E-state index in [2.05, 4.69) is 26.0 Å². The molecule has 5 heteroatoms. The number of aliphatic hydroxyl groups excluding tert-OH is 1. The second kappa shape index (κ2) is 5.00. The molecule has 1 aromatic carbocycles. The molecule has 1 N–H and O–H groups in total. The maximum Gasteiger partial charge on any atom is 0.0856 e. The van der Waals surface area contributed by atoms with Crippen LogP contribution >= 0.6 is 15.9 Å². The quantitative estimate of drug-likeness (QED) is 0.503. The number of benzene rings is 1. The van der Waals surface area contributed by atoms with E-state index >= 15 is 0 Å². The van der Waals surface area contributed by atoms with E-state index in [9.17, 15) is 0 Å². The van der Waals surface area contributed by atoms with Gasteiger partial charge >= 0.3 is 0 Å². The van der Waals surface area contributed by atoms with E-state index in [1.165, 1.54) is 0 Å². The third kappa shape index (κ3) is 2.73. The van der Waals surface area contributed by atoms with Crippen molar-refractivity contribution in [2.45, 2.75) is 13.0 Å². The predicted molar refractivity (Wildman–Crippen MR) is 57.9 cm³/mol. The first-order valence-corrected chi connectivity index (χ1v) is 4.89. The van der Waals surface area contributed by atoms with Gasteiger partial charge in [0.15, 0.2) is 0 Å². The number of nitrogens with zero attached hydrogens (tertiary/aromatic N) is 3. The van der Waals surface area contributed by atoms with Gasteiger partial charge in [0.2, 0.25) is 0 Å². The molecule has 4 nitrogen and oxygen atoms in total. The van der Waals surface area contributed by atoms with E-state index < -0.39 is 6.04 Å². The predicted octanol–water partition coefficient (Wildman–Crippen LogP) is 3.10. The first-order chi connectivity index (χ1) is 6.67. The van der Waals surface area contributed by atoms with Gasteiger partial charge in [-0.25, -0.2) is 0 Å². The molecule has 0 amide bonds. The van der Waals surface area contributed by atoms with Crippen molar-refractivity contribution >= 4 is 15.9 Å². The van der Waals surface area contributed by atoms with E-state index in [4.69, 9.17) is 10.6 Å². The molecule has 1 unspecified atom stereocenters. The fourth-order valence-electron chi connectivity index (χ4n) is 1.23. The van der Waals surface area contributed by atoms with E-state index in [1.807, 2.05) is 25.1 Å². The minimum absolute atomic E-state index is 0.181. The zero-order valence-electron chi connectivity index (χ0n) is 7.68. The minimum atomic E-state index is -0.504. The molecule has 0 heterocycles. The summed E-state index contributed by atoms with van der Waals surface area (Å²) in [6.07, 6.45) is 0. The van der Waals surface area contributed by atoms with Gasteiger partial charge in [-0.3, -0.25) is 0 Å². The van der Waals surface area contributed by atoms with Crippen LogP contribution in [0, 0.1) is 6.92 Å². The maximum absolute atomic E-state index is 9.01. The Labute approximate surface area is 90.3 Å². The first-order valence-electron chi connectivity index (χ1n) is 4.09. The molecule has 1 aromatic rings. The minimum Gasteiger partial charge on any atom is -0.396 e. The van der Waals surface area contributed by atoms with Crippen LogP contribution in [0.2, 0.25) is 0 Å². The average molecular weight is 256 g/mol. The summed E-state index contributed by atoms with van der Waals surface area (Å²) in [6.45, 7) is 1.76. The third-order valence-electron chi connectivity index (χ3n) is 1.81. The van der Waals surface area contributed by atoms with E-state index in [1.54, 1.807) is 0 Å². The van der Waals surface area contributed by atoms with Gasteiger partial charge in [-0.05, 0) is 35.7 Å². The second-order valence-electron chi connectivity index (χ2n) is 2.97. The Bertz CT molecular complexity index is 354. The van der Waals surface area contributed by atoms with Crippen molar-refractivity contribution in [3.8, 4) is 0 Å². The summed E-state index contributed by atoms with van der Waals surface area (Å²) in [5, 5.41) is 12.5. The summed E-state index contributed by atoms with van der Waals surface area (Å²) in [4.78, 5) is 2.69. The topological polar surface area (TPSA) is 69.0 Å². The lowest BCUT2D eigenvalue weighted by Crippen LogP contribution is -2.00. The van der Waals surface area contributed by atoms with Gasteiger partial charge in [-0.15, -0.1) is 0 Å². The number of halogens is 1. The maximum atomic E-state index is 9.01. The zero-order valence-corrected chi connectivity index (χ0v) is 9.27. The Morgan fingerprint density at radius 1 is 1.57 bits per heavy atom. The number of aryl methyl sites for hydroxylation is 1. The largest absolute Gasteiger partial charge is 0.396 e. The Hall–Kier alpha value is -1.03. The Kier molecular flexibility index (Phi) is 3.95. The summed E-state index contributed by atoms with van der Waals surface area (Å²) in [5.74, 6) is 0. The standard InChI is InChI=1S/C9H10BrN3O/c1-6-2-7(4-8(10)3-6)9(5-14)12-13-11/h2-4,9,14H,5H2,1H3. The van der Waals surface area contributed by atoms with Crippen LogP contribution in [0.25, 0.3) is 10.4 Å². The molecule has 0 saturated heterocycles. The number of azide groups is 1. The van der Waals surface area contributed by atoms with Gasteiger partial charge in [0, 0.05) is 9.38 Å². The van der Waals surface area contributed by atoms with Gasteiger partial charge < -0.3 is 5.11 Å². The van der Waals surface area contributed by atoms with Crippen molar-refractivity contribution in [2.24, 2.45) is 5.11 Å². The first kappa shape index (κ1) is 11.0. The van der Waals surface area contributed by atoms with Crippen LogP contribution in [-0.4, -0.2) is 11.7 Å². The molecule has 74 valence electrons. The average Bonchev–Trinajstić information content (AvgIpc) is 2.12. The highest BCUT2D eigenvalue weighted by Gasteiger charge is 2.08. The van der Waals surface area contributed by atoms with Crippen molar-refractivity contribution < 1.29 is 5.11 Å². The molecule has 0 aliphatic heterocycles. The molecule has 0 aromatic heterocycles. The highest BCUT2D eigenvalue weighted by molar-refractivity contribution is 9.10. The molecule has 0 aliphatic carbocycles. The van der Waals surface area contributed by atoms with Crippen molar-refractivity contribution in [1.82, 2.24) is 0 Å². The fraction of sp³-hybridized carbons (Fsp3) is 0.333. The summed E-state index contributed by atoms with van der Waals surface area (Å²) in [7, 11) is 0. The second-order valence-corrected chi connectivity index (χ2v) is 3.88. The van der Waals surface area contributed by atoms with Crippen LogP contribution < -0.4 is 0 Å². The third-order valence-corrected chi connectivity index (χ3v) is 2.27. The number of hydrogen-bond acceptors (Lipinski definition) is 2. The van der Waals surface area contributed by atoms with Crippen molar-refractivity contribution in [3.63, 3.8) is 0 Å². The van der Waals surface area contributed by atoms with Gasteiger partial charge in [0.05, 0.1) is 12.6 Å². The van der Waals surface area contributed by atoms with E-state index in [0.717, 1.165) is 15.6 Å². The van der Waals surface area contributed by atoms with Gasteiger partial charge in [0.1, 0.15) is 0 Å². The summed E-state index contributed by atoms with van der Waals surface area (Å²) in [5.41, 5.74) is 10.2. The Morgan fingerprint density at radius 3 is 2.79 bits per heavy atom. The van der Waals surface area contributed by atoms with Gasteiger partial charge in [0.25, 0.3) is 0 Å². The molecule has 0 saturated carbocycles. The molecular weight excluding hydrogens is 246 g/mol. The molecule has 0 aliphatic rings. The SMILES string of the molecule is Cc1cc(Br)cc(C(CO)N=[N+]=[N-])c1. The van der Waals surface area contributed by atoms with Crippen LogP contribution in [0.3, 0.4) is 0 Å². The van der Waals surface area contributed by atoms with Gasteiger partial charge in [-0.1, -0.05) is 27.1 Å². The summed E-state index contributed by atoms with van der Waals surface area (Å²) >= 11 is 3.35. The Balaban J connectivity index is 3.09. The number of aliphatic hydroxyl groups is 1. The lowest BCUT2D eigenvalue weighted by Gasteiger charge is -2.09. The van der Waals surface area contributed by atoms with E-state index in [0.29, 0.717) is 0 Å². The van der Waals surface area contributed by atoms with Crippen LogP contribution in [0.15, 0.2) is 27.8 Å². The van der Waals surface area contributed by atoms with Gasteiger partial charge in [-0.2, -0.15) is 0 Å². The summed E-state index contributed by atoms with van der Waals surface area (Å²) < 4.78 is 0.916. The fourth-order valence-corrected chi connectivity index (χ4v) is 1.85. The van der Waals surface area contributed by atoms with Crippen LogP contribution in [0.4, 0.5) is 0 Å². The summed E-state index contributed by atoms with van der Waals surface area (Å²) in [6, 6.07) is 5.17. The van der Waals surface area contributed by atoms with Crippen LogP contribution in [-0.2, 0) is 0 Å². The number of rotatable bonds is 3. The molecule has 14 heavy (non-hydrogen) atoms. The van der Waals surface area contributed by atoms with Crippen LogP contribution in [0.1, 0.15) is 17.2 Å². The van der Waals surface area contributed by atoms with Crippen molar-refractivity contribution in [2.75, 3.05) is 6.61 Å². The van der Waals surface area contributed by atoms with Crippen molar-refractivity contribution in [1.29, 1.82) is 0 Å². The molecule has 0 fully saturated rings. The zero-order chi connectivity index (χ0) is 10.6. The Morgan fingerprint density at radius 2 is 2.29 bits per heavy atom. The van der Waals surface area contributed by atoms with Crippen LogP contribution in [0.5, 0.6) is 0 Å². The highest BCUT2D eigenvalue weighted by atomic mass is 79.9. The van der Waals surface area contributed by atoms with E-state index in [-0.39, 0.29) is 6.61 Å². The molecule has 0 bridgehead atoms. The molecule has 0 spiro atoms. The molecule has 1 atom stereocenters. The molecule has 1 rings (SSSR count). The number of hydrogen-bond donors (Lipinski definition) is 1. The smallest absolute Gasteiger partial charge is 0.0856 e. The lowest BCUT2D eigenvalue weighted by atomic mass is 10.1. The molecular formula is C9H10BrN3O. The highest BCUT2D eigenvalue weighted by Crippen LogP contribution is 2.23. The monoisotopic (exact) mass is 255 g/mol. The molecule has 0 radical (unpaired) electrons. The van der Waals surface area contributed by atoms with Crippen molar-refractivity contribution in [3.05, 3.63) is 44.2 Å². The lowest BCUT2D eigenvalue weighted by molar-refractivity contribution is 0.268.